The fourth-order valence-electron chi connectivity index (χ4n) is 3.10. The number of carboxylic acids is 1. The largest absolute Gasteiger partial charge is 0.478 e. The maximum atomic E-state index is 12.1. The van der Waals surface area contributed by atoms with Crippen LogP contribution >= 0.6 is 0 Å². The molecule has 2 rings (SSSR count). The summed E-state index contributed by atoms with van der Waals surface area (Å²) in [5, 5.41) is 11.9. The Morgan fingerprint density at radius 1 is 1.32 bits per heavy atom. The normalized spacial score (nSPS) is 16.7. The van der Waals surface area contributed by atoms with Gasteiger partial charge in [0.15, 0.2) is 0 Å². The minimum absolute atomic E-state index is 0.0195. The van der Waals surface area contributed by atoms with Crippen LogP contribution in [0.1, 0.15) is 54.4 Å². The third-order valence-electron chi connectivity index (χ3n) is 4.62. The van der Waals surface area contributed by atoms with Crippen LogP contribution in [-0.2, 0) is 4.79 Å². The molecule has 1 unspecified atom stereocenters. The molecule has 1 saturated carbocycles. The predicted molar refractivity (Wildman–Crippen MR) is 96.8 cm³/mol. The van der Waals surface area contributed by atoms with Gasteiger partial charge in [-0.3, -0.25) is 9.78 Å². The molecule has 136 valence electrons. The van der Waals surface area contributed by atoms with Crippen molar-refractivity contribution in [3.05, 3.63) is 29.6 Å². The Hall–Kier alpha value is -2.41. The lowest BCUT2D eigenvalue weighted by atomic mass is 9.84. The van der Waals surface area contributed by atoms with Gasteiger partial charge >= 0.3 is 5.97 Å². The Morgan fingerprint density at radius 3 is 2.72 bits per heavy atom. The Morgan fingerprint density at radius 2 is 2.04 bits per heavy atom. The van der Waals surface area contributed by atoms with Crippen molar-refractivity contribution in [3.63, 3.8) is 0 Å². The van der Waals surface area contributed by atoms with E-state index in [0.29, 0.717) is 18.5 Å². The number of nitrogens with zero attached hydrogens (tertiary/aromatic N) is 1. The zero-order chi connectivity index (χ0) is 18.2. The summed E-state index contributed by atoms with van der Waals surface area (Å²) >= 11 is 0. The molecular weight excluding hydrogens is 320 g/mol. The van der Waals surface area contributed by atoms with Gasteiger partial charge in [0.25, 0.3) is 0 Å². The molecule has 6 N–H and O–H groups in total. The van der Waals surface area contributed by atoms with E-state index >= 15 is 0 Å². The van der Waals surface area contributed by atoms with Gasteiger partial charge in [0.1, 0.15) is 5.56 Å². The highest BCUT2D eigenvalue weighted by Crippen LogP contribution is 2.25. The lowest BCUT2D eigenvalue weighted by Gasteiger charge is -2.26. The monoisotopic (exact) mass is 346 g/mol. The topological polar surface area (TPSA) is 131 Å². The van der Waals surface area contributed by atoms with Gasteiger partial charge in [-0.25, -0.2) is 4.79 Å². The molecule has 1 aromatic heterocycles. The molecule has 0 aliphatic heterocycles. The van der Waals surface area contributed by atoms with Crippen LogP contribution in [-0.4, -0.2) is 34.6 Å². The molecule has 0 radical (unpaired) electrons. The average Bonchev–Trinajstić information content (AvgIpc) is 2.62. The van der Waals surface area contributed by atoms with E-state index in [-0.39, 0.29) is 23.1 Å². The molecule has 0 bridgehead atoms. The number of pyridine rings is 1. The highest BCUT2D eigenvalue weighted by Gasteiger charge is 2.25. The molecule has 0 saturated heterocycles. The SMILES string of the molecule is Nc1c(/C=C/CCNC(=O)C(N)C2CCCCC2)cncc1C(=O)O. The number of nitrogen functional groups attached to an aromatic ring is 1. The van der Waals surface area contributed by atoms with E-state index in [1.807, 2.05) is 6.08 Å². The molecule has 1 aliphatic rings. The zero-order valence-electron chi connectivity index (χ0n) is 14.3. The summed E-state index contributed by atoms with van der Waals surface area (Å²) in [7, 11) is 0. The average molecular weight is 346 g/mol. The second-order valence-electron chi connectivity index (χ2n) is 6.40. The molecular formula is C18H26N4O3. The van der Waals surface area contributed by atoms with Crippen LogP contribution in [0.5, 0.6) is 0 Å². The maximum absolute atomic E-state index is 12.1. The summed E-state index contributed by atoms with van der Waals surface area (Å²) < 4.78 is 0. The molecule has 0 spiro atoms. The molecule has 1 fully saturated rings. The van der Waals surface area contributed by atoms with Crippen molar-refractivity contribution in [2.24, 2.45) is 11.7 Å². The van der Waals surface area contributed by atoms with Crippen molar-refractivity contribution in [1.82, 2.24) is 10.3 Å². The second-order valence-corrected chi connectivity index (χ2v) is 6.40. The Kier molecular flexibility index (Phi) is 6.94. The number of anilines is 1. The van der Waals surface area contributed by atoms with Crippen molar-refractivity contribution in [2.75, 3.05) is 12.3 Å². The highest BCUT2D eigenvalue weighted by molar-refractivity contribution is 5.95. The first-order chi connectivity index (χ1) is 12.0. The lowest BCUT2D eigenvalue weighted by molar-refractivity contribution is -0.123. The van der Waals surface area contributed by atoms with E-state index in [0.717, 1.165) is 25.7 Å². The third-order valence-corrected chi connectivity index (χ3v) is 4.62. The quantitative estimate of drug-likeness (QED) is 0.557. The Labute approximate surface area is 147 Å². The van der Waals surface area contributed by atoms with Crippen molar-refractivity contribution in [1.29, 1.82) is 0 Å². The summed E-state index contributed by atoms with van der Waals surface area (Å²) in [6.45, 7) is 0.474. The number of nitrogens with one attached hydrogen (secondary N) is 1. The summed E-state index contributed by atoms with van der Waals surface area (Å²) in [6, 6.07) is -0.434. The fraction of sp³-hybridized carbons (Fsp3) is 0.500. The Balaban J connectivity index is 1.79. The first-order valence-electron chi connectivity index (χ1n) is 8.67. The molecule has 7 nitrogen and oxygen atoms in total. The first kappa shape index (κ1) is 18.9. The number of carbonyl (C=O) groups is 2. The van der Waals surface area contributed by atoms with E-state index < -0.39 is 12.0 Å². The first-order valence-corrected chi connectivity index (χ1v) is 8.67. The maximum Gasteiger partial charge on any atom is 0.339 e. The van der Waals surface area contributed by atoms with Gasteiger partial charge in [0.05, 0.1) is 11.7 Å². The minimum Gasteiger partial charge on any atom is -0.478 e. The fourth-order valence-corrected chi connectivity index (χ4v) is 3.10. The van der Waals surface area contributed by atoms with E-state index in [1.54, 1.807) is 6.08 Å². The van der Waals surface area contributed by atoms with Crippen LogP contribution in [0.15, 0.2) is 18.5 Å². The molecule has 25 heavy (non-hydrogen) atoms. The molecule has 1 aromatic rings. The van der Waals surface area contributed by atoms with Gasteiger partial charge in [-0.05, 0) is 25.2 Å². The van der Waals surface area contributed by atoms with Crippen LogP contribution in [0.25, 0.3) is 6.08 Å². The van der Waals surface area contributed by atoms with E-state index in [4.69, 9.17) is 16.6 Å². The molecule has 1 aliphatic carbocycles. The molecule has 1 amide bonds. The lowest BCUT2D eigenvalue weighted by Crippen LogP contribution is -2.46. The summed E-state index contributed by atoms with van der Waals surface area (Å²) in [4.78, 5) is 27.0. The molecule has 0 aromatic carbocycles. The van der Waals surface area contributed by atoms with E-state index in [2.05, 4.69) is 10.3 Å². The van der Waals surface area contributed by atoms with E-state index in [1.165, 1.54) is 18.8 Å². The number of hydrogen-bond acceptors (Lipinski definition) is 5. The van der Waals surface area contributed by atoms with E-state index in [9.17, 15) is 9.59 Å². The standard InChI is InChI=1S/C18H26N4O3/c19-15-13(10-21-11-14(15)18(24)25)8-4-5-9-22-17(23)16(20)12-6-2-1-3-7-12/h4,8,10-12,16H,1-3,5-7,9,20H2,(H2,19,21)(H,22,23)(H,24,25)/b8-4+. The number of carboxylic acid groups (broad SMARTS) is 1. The predicted octanol–water partition coefficient (Wildman–Crippen LogP) is 1.79. The van der Waals surface area contributed by atoms with Crippen molar-refractivity contribution in [2.45, 2.75) is 44.6 Å². The van der Waals surface area contributed by atoms with Gasteiger partial charge in [0.2, 0.25) is 5.91 Å². The van der Waals surface area contributed by atoms with Gasteiger partial charge in [-0.1, -0.05) is 31.4 Å². The number of carbonyl (C=O) groups excluding carboxylic acids is 1. The minimum atomic E-state index is -1.11. The smallest absolute Gasteiger partial charge is 0.339 e. The van der Waals surface area contributed by atoms with Gasteiger partial charge < -0.3 is 21.9 Å². The number of nitrogens with two attached hydrogens (primary N) is 2. The second kappa shape index (κ2) is 9.17. The zero-order valence-corrected chi connectivity index (χ0v) is 14.3. The number of rotatable bonds is 7. The van der Waals surface area contributed by atoms with Crippen LogP contribution in [0.2, 0.25) is 0 Å². The molecule has 1 heterocycles. The van der Waals surface area contributed by atoms with Crippen LogP contribution < -0.4 is 16.8 Å². The molecule has 7 heteroatoms. The van der Waals surface area contributed by atoms with Crippen molar-refractivity contribution < 1.29 is 14.7 Å². The van der Waals surface area contributed by atoms with Crippen molar-refractivity contribution >= 4 is 23.6 Å². The number of aromatic carboxylic acids is 1. The van der Waals surface area contributed by atoms with Crippen LogP contribution in [0, 0.1) is 5.92 Å². The summed E-state index contributed by atoms with van der Waals surface area (Å²) in [5.74, 6) is -0.924. The van der Waals surface area contributed by atoms with Crippen LogP contribution in [0.4, 0.5) is 5.69 Å². The van der Waals surface area contributed by atoms with Crippen molar-refractivity contribution in [3.8, 4) is 0 Å². The molecule has 1 atom stereocenters. The highest BCUT2D eigenvalue weighted by atomic mass is 16.4. The number of amides is 1. The summed E-state index contributed by atoms with van der Waals surface area (Å²) in [6.07, 6.45) is 12.5. The van der Waals surface area contributed by atoms with Gasteiger partial charge in [-0.15, -0.1) is 0 Å². The number of hydrogen-bond donors (Lipinski definition) is 4. The summed E-state index contributed by atoms with van der Waals surface area (Å²) in [5.41, 5.74) is 12.6. The third kappa shape index (κ3) is 5.29. The van der Waals surface area contributed by atoms with Crippen LogP contribution in [0.3, 0.4) is 0 Å². The van der Waals surface area contributed by atoms with Gasteiger partial charge in [-0.2, -0.15) is 0 Å². The Bertz CT molecular complexity index is 639. The number of aromatic nitrogens is 1. The van der Waals surface area contributed by atoms with Gasteiger partial charge in [0, 0.05) is 24.5 Å².